The van der Waals surface area contributed by atoms with Crippen molar-refractivity contribution in [3.05, 3.63) is 71.0 Å². The van der Waals surface area contributed by atoms with Crippen LogP contribution < -0.4 is 9.54 Å². The fraction of sp³-hybridized carbons (Fsp3) is 0.200. The average Bonchev–Trinajstić information content (AvgIpc) is 2.98. The molecule has 0 fully saturated rings. The highest BCUT2D eigenvalue weighted by molar-refractivity contribution is 7.16. The molecular formula is C20H17F3N2O2S. The van der Waals surface area contributed by atoms with Gasteiger partial charge in [0.05, 0.1) is 22.4 Å². The van der Waals surface area contributed by atoms with Gasteiger partial charge in [-0.15, -0.1) is 6.58 Å². The van der Waals surface area contributed by atoms with E-state index in [1.807, 2.05) is 25.1 Å². The largest absolute Gasteiger partial charge is 0.494 e. The van der Waals surface area contributed by atoms with E-state index in [2.05, 4.69) is 11.6 Å². The molecule has 1 amide bonds. The molecule has 3 rings (SSSR count). The van der Waals surface area contributed by atoms with Gasteiger partial charge in [-0.05, 0) is 43.3 Å². The van der Waals surface area contributed by atoms with Gasteiger partial charge in [-0.25, -0.2) is 0 Å². The Balaban J connectivity index is 2.08. The molecule has 0 spiro atoms. The van der Waals surface area contributed by atoms with E-state index in [1.165, 1.54) is 23.5 Å². The number of hydrogen-bond donors (Lipinski definition) is 0. The molecule has 0 atom stereocenters. The van der Waals surface area contributed by atoms with Gasteiger partial charge >= 0.3 is 6.18 Å². The van der Waals surface area contributed by atoms with Crippen molar-refractivity contribution in [1.82, 2.24) is 4.57 Å². The van der Waals surface area contributed by atoms with E-state index < -0.39 is 17.6 Å². The fourth-order valence-corrected chi connectivity index (χ4v) is 3.75. The molecule has 8 heteroatoms. The number of halogens is 3. The van der Waals surface area contributed by atoms with Crippen LogP contribution in [0.3, 0.4) is 0 Å². The summed E-state index contributed by atoms with van der Waals surface area (Å²) in [4.78, 5) is 17.0. The Hall–Kier alpha value is -2.87. The fourth-order valence-electron chi connectivity index (χ4n) is 2.68. The Kier molecular flexibility index (Phi) is 5.69. The summed E-state index contributed by atoms with van der Waals surface area (Å²) in [5.41, 5.74) is -0.165. The maximum absolute atomic E-state index is 12.9. The summed E-state index contributed by atoms with van der Waals surface area (Å²) in [5, 5.41) is 0. The normalized spacial score (nSPS) is 12.4. The lowest BCUT2D eigenvalue weighted by molar-refractivity contribution is -0.137. The molecule has 0 saturated carbocycles. The minimum Gasteiger partial charge on any atom is -0.494 e. The number of nitrogens with zero attached hydrogens (tertiary/aromatic N) is 2. The lowest BCUT2D eigenvalue weighted by Crippen LogP contribution is -2.16. The predicted molar refractivity (Wildman–Crippen MR) is 103 cm³/mol. The zero-order valence-electron chi connectivity index (χ0n) is 15.0. The van der Waals surface area contributed by atoms with Gasteiger partial charge in [0.15, 0.2) is 4.80 Å². The van der Waals surface area contributed by atoms with E-state index in [-0.39, 0.29) is 5.56 Å². The molecule has 3 aromatic rings. The minimum atomic E-state index is -4.52. The molecule has 146 valence electrons. The molecule has 2 aromatic carbocycles. The third-order valence-corrected chi connectivity index (χ3v) is 4.95. The molecule has 0 bridgehead atoms. The molecule has 1 heterocycles. The molecule has 28 heavy (non-hydrogen) atoms. The monoisotopic (exact) mass is 406 g/mol. The van der Waals surface area contributed by atoms with Crippen LogP contribution in [-0.4, -0.2) is 17.1 Å². The molecule has 0 saturated heterocycles. The van der Waals surface area contributed by atoms with E-state index in [1.54, 1.807) is 10.6 Å². The van der Waals surface area contributed by atoms with Crippen molar-refractivity contribution < 1.29 is 22.7 Å². The number of aromatic nitrogens is 1. The molecule has 1 aromatic heterocycles. The van der Waals surface area contributed by atoms with Crippen molar-refractivity contribution in [3.8, 4) is 5.75 Å². The second-order valence-corrected chi connectivity index (χ2v) is 6.85. The summed E-state index contributed by atoms with van der Waals surface area (Å²) >= 11 is 1.26. The summed E-state index contributed by atoms with van der Waals surface area (Å²) in [7, 11) is 0. The van der Waals surface area contributed by atoms with Crippen molar-refractivity contribution in [2.24, 2.45) is 4.99 Å². The number of allylic oxidation sites excluding steroid dienone is 1. The van der Waals surface area contributed by atoms with Gasteiger partial charge < -0.3 is 9.30 Å². The number of alkyl halides is 3. The molecule has 0 N–H and O–H groups in total. The number of carbonyl (C=O) groups excluding carboxylic acids is 1. The van der Waals surface area contributed by atoms with Crippen molar-refractivity contribution >= 4 is 27.5 Å². The number of thiazole rings is 1. The second-order valence-electron chi connectivity index (χ2n) is 5.84. The summed E-state index contributed by atoms with van der Waals surface area (Å²) < 4.78 is 46.8. The first-order chi connectivity index (χ1) is 13.3. The highest BCUT2D eigenvalue weighted by atomic mass is 32.1. The third kappa shape index (κ3) is 4.17. The SMILES string of the molecule is C=CCn1c(=NC(=O)c2cccc(C(F)(F)F)c2)sc2cc(OCC)ccc21. The number of benzene rings is 2. The van der Waals surface area contributed by atoms with Crippen LogP contribution in [-0.2, 0) is 12.7 Å². The van der Waals surface area contributed by atoms with Crippen molar-refractivity contribution in [1.29, 1.82) is 0 Å². The van der Waals surface area contributed by atoms with Gasteiger partial charge in [-0.2, -0.15) is 18.2 Å². The number of rotatable bonds is 5. The van der Waals surface area contributed by atoms with Crippen molar-refractivity contribution in [2.45, 2.75) is 19.6 Å². The highest BCUT2D eigenvalue weighted by Gasteiger charge is 2.30. The van der Waals surface area contributed by atoms with Crippen LogP contribution in [0.1, 0.15) is 22.8 Å². The third-order valence-electron chi connectivity index (χ3n) is 3.91. The van der Waals surface area contributed by atoms with Crippen LogP contribution in [0.5, 0.6) is 5.75 Å². The van der Waals surface area contributed by atoms with Crippen molar-refractivity contribution in [3.63, 3.8) is 0 Å². The molecule has 0 aliphatic rings. The summed E-state index contributed by atoms with van der Waals surface area (Å²) in [6, 6.07) is 9.76. The number of carbonyl (C=O) groups is 1. The first-order valence-corrected chi connectivity index (χ1v) is 9.28. The van der Waals surface area contributed by atoms with Gasteiger partial charge in [0.1, 0.15) is 5.75 Å². The number of fused-ring (bicyclic) bond motifs is 1. The Labute approximate surface area is 163 Å². The molecule has 4 nitrogen and oxygen atoms in total. The van der Waals surface area contributed by atoms with Crippen LogP contribution in [0.2, 0.25) is 0 Å². The number of amides is 1. The quantitative estimate of drug-likeness (QED) is 0.557. The summed E-state index contributed by atoms with van der Waals surface area (Å²) in [5.74, 6) is -0.0433. The minimum absolute atomic E-state index is 0.118. The standard InChI is InChI=1S/C20H17F3N2O2S/c1-3-10-25-16-9-8-15(27-4-2)12-17(16)28-19(25)24-18(26)13-6-5-7-14(11-13)20(21,22)23/h3,5-9,11-12H,1,4,10H2,2H3. The van der Waals surface area contributed by atoms with Crippen LogP contribution >= 0.6 is 11.3 Å². The Bertz CT molecular complexity index is 1100. The number of hydrogen-bond acceptors (Lipinski definition) is 3. The maximum Gasteiger partial charge on any atom is 0.416 e. The number of ether oxygens (including phenoxy) is 1. The maximum atomic E-state index is 12.9. The Morgan fingerprint density at radius 3 is 2.75 bits per heavy atom. The zero-order chi connectivity index (χ0) is 20.3. The van der Waals surface area contributed by atoms with Gasteiger partial charge in [0, 0.05) is 12.1 Å². The van der Waals surface area contributed by atoms with E-state index in [4.69, 9.17) is 4.74 Å². The van der Waals surface area contributed by atoms with Crippen LogP contribution in [0.4, 0.5) is 13.2 Å². The molecule has 0 unspecified atom stereocenters. The molecule has 0 aliphatic carbocycles. The molecule has 0 radical (unpaired) electrons. The topological polar surface area (TPSA) is 43.6 Å². The van der Waals surface area contributed by atoms with E-state index in [0.717, 1.165) is 22.3 Å². The molecule has 0 aliphatic heterocycles. The Morgan fingerprint density at radius 2 is 2.07 bits per heavy atom. The van der Waals surface area contributed by atoms with Gasteiger partial charge in [-0.3, -0.25) is 4.79 Å². The van der Waals surface area contributed by atoms with E-state index in [0.29, 0.717) is 23.7 Å². The Morgan fingerprint density at radius 1 is 1.29 bits per heavy atom. The summed E-state index contributed by atoms with van der Waals surface area (Å²) in [6.07, 6.45) is -2.86. The lowest BCUT2D eigenvalue weighted by atomic mass is 10.1. The zero-order valence-corrected chi connectivity index (χ0v) is 15.8. The highest BCUT2D eigenvalue weighted by Crippen LogP contribution is 2.29. The average molecular weight is 406 g/mol. The van der Waals surface area contributed by atoms with E-state index >= 15 is 0 Å². The lowest BCUT2D eigenvalue weighted by Gasteiger charge is -2.06. The second kappa shape index (κ2) is 8.02. The van der Waals surface area contributed by atoms with Gasteiger partial charge in [0.2, 0.25) is 0 Å². The molecular weight excluding hydrogens is 389 g/mol. The predicted octanol–water partition coefficient (Wildman–Crippen LogP) is 5.05. The first-order valence-electron chi connectivity index (χ1n) is 8.47. The van der Waals surface area contributed by atoms with Crippen molar-refractivity contribution in [2.75, 3.05) is 6.61 Å². The van der Waals surface area contributed by atoms with Gasteiger partial charge in [-0.1, -0.05) is 23.5 Å². The first kappa shape index (κ1) is 19.9. The van der Waals surface area contributed by atoms with Crippen LogP contribution in [0.15, 0.2) is 60.1 Å². The smallest absolute Gasteiger partial charge is 0.416 e. The van der Waals surface area contributed by atoms with E-state index in [9.17, 15) is 18.0 Å². The van der Waals surface area contributed by atoms with Gasteiger partial charge in [0.25, 0.3) is 5.91 Å². The summed E-state index contributed by atoms with van der Waals surface area (Å²) in [6.45, 7) is 6.52. The van der Waals surface area contributed by atoms with Crippen LogP contribution in [0.25, 0.3) is 10.2 Å². The van der Waals surface area contributed by atoms with Crippen LogP contribution in [0, 0.1) is 0 Å².